The molecule has 0 fully saturated rings. The lowest BCUT2D eigenvalue weighted by molar-refractivity contribution is 0.0767. The molecule has 0 radical (unpaired) electrons. The molecule has 1 rings (SSSR count). The van der Waals surface area contributed by atoms with Gasteiger partial charge in [-0.2, -0.15) is 0 Å². The average molecular weight is 234 g/mol. The third kappa shape index (κ3) is 3.81. The first-order valence-electron chi connectivity index (χ1n) is 6.19. The molecule has 0 bridgehead atoms. The molecule has 94 valence electrons. The Balaban J connectivity index is 2.92. The Morgan fingerprint density at radius 2 is 1.94 bits per heavy atom. The van der Waals surface area contributed by atoms with Crippen molar-refractivity contribution in [2.45, 2.75) is 26.7 Å². The maximum atomic E-state index is 5.60. The van der Waals surface area contributed by atoms with Crippen LogP contribution in [0.3, 0.4) is 0 Å². The molecule has 0 aromatic carbocycles. The van der Waals surface area contributed by atoms with E-state index in [1.807, 2.05) is 12.2 Å². The smallest absolute Gasteiger partial charge is 0.161 e. The van der Waals surface area contributed by atoms with Crippen molar-refractivity contribution >= 4 is 0 Å². The van der Waals surface area contributed by atoms with E-state index in [0.29, 0.717) is 19.1 Å². The molecule has 1 unspecified atom stereocenters. The minimum Gasteiger partial charge on any atom is -0.486 e. The zero-order valence-corrected chi connectivity index (χ0v) is 10.9. The van der Waals surface area contributed by atoms with E-state index in [0.717, 1.165) is 24.4 Å². The van der Waals surface area contributed by atoms with Crippen molar-refractivity contribution < 1.29 is 9.47 Å². The normalized spacial score (nSPS) is 18.1. The topological polar surface area (TPSA) is 18.5 Å². The Labute approximate surface area is 104 Å². The highest BCUT2D eigenvalue weighted by Gasteiger charge is 2.13. The largest absolute Gasteiger partial charge is 0.486 e. The minimum atomic E-state index is 0.488. The Morgan fingerprint density at radius 1 is 1.29 bits per heavy atom. The summed E-state index contributed by atoms with van der Waals surface area (Å²) in [7, 11) is 0. The second-order valence-corrected chi connectivity index (χ2v) is 4.17. The fourth-order valence-electron chi connectivity index (χ4n) is 1.87. The molecule has 0 aliphatic carbocycles. The summed E-state index contributed by atoms with van der Waals surface area (Å²) >= 11 is 0. The van der Waals surface area contributed by atoms with Gasteiger partial charge in [-0.25, -0.2) is 0 Å². The van der Waals surface area contributed by atoms with Gasteiger partial charge in [-0.3, -0.25) is 0 Å². The Kier molecular flexibility index (Phi) is 5.61. The molecule has 0 aromatic heterocycles. The fraction of sp³-hybridized carbons (Fsp3) is 0.467. The van der Waals surface area contributed by atoms with Crippen molar-refractivity contribution in [3.8, 4) is 0 Å². The molecule has 1 heterocycles. The summed E-state index contributed by atoms with van der Waals surface area (Å²) in [6.07, 6.45) is 7.91. The molecular formula is C15H22O2. The summed E-state index contributed by atoms with van der Waals surface area (Å²) in [5.41, 5.74) is 1.19. The van der Waals surface area contributed by atoms with Gasteiger partial charge in [0.2, 0.25) is 0 Å². The van der Waals surface area contributed by atoms with Crippen molar-refractivity contribution in [1.82, 2.24) is 0 Å². The van der Waals surface area contributed by atoms with E-state index < -0.39 is 0 Å². The molecule has 0 saturated carbocycles. The standard InChI is InChI=1S/C15H22O2/c1-5-8-12(4)13(6-2)11-15-14(7-3)16-9-10-17-15/h6-7,11-12H,2-3,5,8-10H2,1,4H3/b13-11+. The van der Waals surface area contributed by atoms with Crippen LogP contribution in [0.2, 0.25) is 0 Å². The van der Waals surface area contributed by atoms with E-state index in [4.69, 9.17) is 9.47 Å². The van der Waals surface area contributed by atoms with Gasteiger partial charge in [-0.1, -0.05) is 39.5 Å². The molecular weight excluding hydrogens is 212 g/mol. The number of hydrogen-bond donors (Lipinski definition) is 0. The second kappa shape index (κ2) is 7.00. The van der Waals surface area contributed by atoms with Crippen molar-refractivity contribution in [1.29, 1.82) is 0 Å². The molecule has 17 heavy (non-hydrogen) atoms. The molecule has 1 aliphatic heterocycles. The summed E-state index contributed by atoms with van der Waals surface area (Å²) in [4.78, 5) is 0. The number of ether oxygens (including phenoxy) is 2. The molecule has 0 spiro atoms. The van der Waals surface area contributed by atoms with Crippen LogP contribution in [0.4, 0.5) is 0 Å². The predicted molar refractivity (Wildman–Crippen MR) is 71.5 cm³/mol. The minimum absolute atomic E-state index is 0.488. The summed E-state index contributed by atoms with van der Waals surface area (Å²) in [6.45, 7) is 13.2. The zero-order chi connectivity index (χ0) is 12.7. The molecule has 0 amide bonds. The number of rotatable bonds is 6. The van der Waals surface area contributed by atoms with Gasteiger partial charge in [0.15, 0.2) is 11.5 Å². The monoisotopic (exact) mass is 234 g/mol. The van der Waals surface area contributed by atoms with Gasteiger partial charge < -0.3 is 9.47 Å². The van der Waals surface area contributed by atoms with Crippen molar-refractivity contribution in [2.75, 3.05) is 13.2 Å². The van der Waals surface area contributed by atoms with E-state index in [2.05, 4.69) is 27.0 Å². The summed E-state index contributed by atoms with van der Waals surface area (Å²) in [5.74, 6) is 1.98. The van der Waals surface area contributed by atoms with Crippen LogP contribution in [0.1, 0.15) is 26.7 Å². The summed E-state index contributed by atoms with van der Waals surface area (Å²) in [6, 6.07) is 0. The third-order valence-corrected chi connectivity index (χ3v) is 2.85. The van der Waals surface area contributed by atoms with Crippen LogP contribution in [-0.4, -0.2) is 13.2 Å². The zero-order valence-electron chi connectivity index (χ0n) is 10.9. The molecule has 1 aliphatic rings. The van der Waals surface area contributed by atoms with Crippen LogP contribution in [0.5, 0.6) is 0 Å². The highest BCUT2D eigenvalue weighted by molar-refractivity contribution is 5.32. The highest BCUT2D eigenvalue weighted by atomic mass is 16.6. The van der Waals surface area contributed by atoms with Gasteiger partial charge in [0.05, 0.1) is 0 Å². The van der Waals surface area contributed by atoms with Crippen molar-refractivity contribution in [3.63, 3.8) is 0 Å². The first-order chi connectivity index (χ1) is 8.22. The first-order valence-corrected chi connectivity index (χ1v) is 6.19. The molecule has 0 aromatic rings. The first kappa shape index (κ1) is 13.6. The summed E-state index contributed by atoms with van der Waals surface area (Å²) in [5, 5.41) is 0. The molecule has 2 nitrogen and oxygen atoms in total. The van der Waals surface area contributed by atoms with E-state index in [1.54, 1.807) is 6.08 Å². The fourth-order valence-corrected chi connectivity index (χ4v) is 1.87. The number of allylic oxidation sites excluding steroid dienone is 4. The SMILES string of the molecule is C=CC1=C(/C=C(\C=C)C(C)CCC)OCCO1. The van der Waals surface area contributed by atoms with Gasteiger partial charge >= 0.3 is 0 Å². The Hall–Kier alpha value is -1.44. The van der Waals surface area contributed by atoms with Gasteiger partial charge in [-0.15, -0.1) is 0 Å². The van der Waals surface area contributed by atoms with E-state index in [1.165, 1.54) is 5.57 Å². The Morgan fingerprint density at radius 3 is 2.47 bits per heavy atom. The Bertz CT molecular complexity index is 337. The van der Waals surface area contributed by atoms with Gasteiger partial charge in [0.25, 0.3) is 0 Å². The van der Waals surface area contributed by atoms with Gasteiger partial charge in [0, 0.05) is 0 Å². The maximum Gasteiger partial charge on any atom is 0.161 e. The lowest BCUT2D eigenvalue weighted by Gasteiger charge is -2.20. The van der Waals surface area contributed by atoms with Crippen molar-refractivity contribution in [3.05, 3.63) is 48.5 Å². The van der Waals surface area contributed by atoms with Crippen LogP contribution in [0, 0.1) is 5.92 Å². The van der Waals surface area contributed by atoms with E-state index >= 15 is 0 Å². The maximum absolute atomic E-state index is 5.60. The molecule has 2 heteroatoms. The quantitative estimate of drug-likeness (QED) is 0.647. The molecule has 0 N–H and O–H groups in total. The molecule has 0 saturated heterocycles. The average Bonchev–Trinajstić information content (AvgIpc) is 2.36. The molecule has 1 atom stereocenters. The lowest BCUT2D eigenvalue weighted by Crippen LogP contribution is -2.12. The van der Waals surface area contributed by atoms with Crippen molar-refractivity contribution in [2.24, 2.45) is 5.92 Å². The van der Waals surface area contributed by atoms with E-state index in [9.17, 15) is 0 Å². The van der Waals surface area contributed by atoms with E-state index in [-0.39, 0.29) is 0 Å². The predicted octanol–water partition coefficient (Wildman–Crippen LogP) is 3.98. The van der Waals surface area contributed by atoms with Gasteiger partial charge in [-0.05, 0) is 30.1 Å². The summed E-state index contributed by atoms with van der Waals surface area (Å²) < 4.78 is 11.1. The second-order valence-electron chi connectivity index (χ2n) is 4.17. The van der Waals surface area contributed by atoms with Gasteiger partial charge in [0.1, 0.15) is 13.2 Å². The third-order valence-electron chi connectivity index (χ3n) is 2.85. The number of hydrogen-bond acceptors (Lipinski definition) is 2. The van der Waals surface area contributed by atoms with Crippen LogP contribution < -0.4 is 0 Å². The van der Waals surface area contributed by atoms with Crippen LogP contribution in [0.25, 0.3) is 0 Å². The lowest BCUT2D eigenvalue weighted by atomic mass is 9.95. The van der Waals surface area contributed by atoms with Crippen LogP contribution in [-0.2, 0) is 9.47 Å². The highest BCUT2D eigenvalue weighted by Crippen LogP contribution is 2.23. The van der Waals surface area contributed by atoms with Crippen LogP contribution >= 0.6 is 0 Å². The van der Waals surface area contributed by atoms with Crippen LogP contribution in [0.15, 0.2) is 48.5 Å².